The first-order valence-electron chi connectivity index (χ1n) is 9.78. The Balaban J connectivity index is 0.00000117. The van der Waals surface area contributed by atoms with Gasteiger partial charge in [-0.1, -0.05) is 44.2 Å². The highest BCUT2D eigenvalue weighted by Gasteiger charge is 2.37. The predicted octanol–water partition coefficient (Wildman–Crippen LogP) is 3.92. The van der Waals surface area contributed by atoms with Gasteiger partial charge in [0.1, 0.15) is 5.60 Å². The molecular formula is C21H34N2O3. The van der Waals surface area contributed by atoms with E-state index in [0.717, 1.165) is 26.1 Å². The first kappa shape index (κ1) is 20.7. The number of ether oxygens (including phenoxy) is 2. The van der Waals surface area contributed by atoms with E-state index in [-0.39, 0.29) is 12.1 Å². The summed E-state index contributed by atoms with van der Waals surface area (Å²) in [5.41, 5.74) is 0.846. The Bertz CT molecular complexity index is 556. The van der Waals surface area contributed by atoms with Gasteiger partial charge in [-0.05, 0) is 32.8 Å². The molecule has 2 bridgehead atoms. The summed E-state index contributed by atoms with van der Waals surface area (Å²) >= 11 is 0. The van der Waals surface area contributed by atoms with Crippen molar-refractivity contribution >= 4 is 6.09 Å². The lowest BCUT2D eigenvalue weighted by atomic mass is 10.1. The molecular weight excluding hydrogens is 328 g/mol. The number of carbonyl (C=O) groups excluding carboxylic acids is 1. The summed E-state index contributed by atoms with van der Waals surface area (Å²) in [5, 5.41) is 0. The van der Waals surface area contributed by atoms with Crippen LogP contribution in [0.1, 0.15) is 46.6 Å². The van der Waals surface area contributed by atoms with Crippen molar-refractivity contribution < 1.29 is 14.3 Å². The Morgan fingerprint density at radius 2 is 1.81 bits per heavy atom. The average Bonchev–Trinajstić information content (AvgIpc) is 2.70. The second-order valence-corrected chi connectivity index (χ2v) is 7.72. The van der Waals surface area contributed by atoms with Gasteiger partial charge in [-0.2, -0.15) is 0 Å². The molecule has 2 aliphatic heterocycles. The molecule has 1 amide bonds. The molecule has 5 nitrogen and oxygen atoms in total. The van der Waals surface area contributed by atoms with E-state index in [1.807, 2.05) is 45.6 Å². The van der Waals surface area contributed by atoms with Crippen LogP contribution in [0.25, 0.3) is 0 Å². The van der Waals surface area contributed by atoms with Crippen molar-refractivity contribution in [3.05, 3.63) is 35.9 Å². The van der Waals surface area contributed by atoms with Crippen molar-refractivity contribution in [2.45, 2.75) is 65.3 Å². The summed E-state index contributed by atoms with van der Waals surface area (Å²) in [5.74, 6) is 0. The zero-order valence-corrected chi connectivity index (χ0v) is 16.9. The van der Waals surface area contributed by atoms with Gasteiger partial charge in [-0.15, -0.1) is 0 Å². The second-order valence-electron chi connectivity index (χ2n) is 7.72. The van der Waals surface area contributed by atoms with Gasteiger partial charge in [0.25, 0.3) is 0 Å². The lowest BCUT2D eigenvalue weighted by Crippen LogP contribution is -2.53. The molecule has 2 heterocycles. The largest absolute Gasteiger partial charge is 0.444 e. The van der Waals surface area contributed by atoms with Crippen LogP contribution in [0.2, 0.25) is 0 Å². The fourth-order valence-corrected chi connectivity index (χ4v) is 3.43. The highest BCUT2D eigenvalue weighted by atomic mass is 16.6. The fraction of sp³-hybridized carbons (Fsp3) is 0.667. The summed E-state index contributed by atoms with van der Waals surface area (Å²) in [6.07, 6.45) is 0.706. The molecule has 0 aliphatic carbocycles. The zero-order chi connectivity index (χ0) is 19.2. The minimum Gasteiger partial charge on any atom is -0.444 e. The van der Waals surface area contributed by atoms with Crippen molar-refractivity contribution in [2.24, 2.45) is 0 Å². The summed E-state index contributed by atoms with van der Waals surface area (Å²) in [6, 6.07) is 11.1. The Morgan fingerprint density at radius 3 is 2.46 bits per heavy atom. The molecule has 26 heavy (non-hydrogen) atoms. The first-order valence-corrected chi connectivity index (χ1v) is 9.78. The van der Waals surface area contributed by atoms with Crippen molar-refractivity contribution in [1.29, 1.82) is 0 Å². The van der Waals surface area contributed by atoms with E-state index in [0.29, 0.717) is 19.2 Å². The van der Waals surface area contributed by atoms with Gasteiger partial charge in [0, 0.05) is 25.7 Å². The van der Waals surface area contributed by atoms with Gasteiger partial charge < -0.3 is 14.4 Å². The zero-order valence-electron chi connectivity index (χ0n) is 16.9. The molecule has 5 heteroatoms. The third-order valence-corrected chi connectivity index (χ3v) is 4.58. The van der Waals surface area contributed by atoms with Gasteiger partial charge in [0.05, 0.1) is 19.3 Å². The van der Waals surface area contributed by atoms with E-state index in [4.69, 9.17) is 9.47 Å². The first-order chi connectivity index (χ1) is 12.4. The molecule has 2 atom stereocenters. The third kappa shape index (κ3) is 5.71. The third-order valence-electron chi connectivity index (χ3n) is 4.58. The van der Waals surface area contributed by atoms with E-state index in [1.165, 1.54) is 5.56 Å². The quantitative estimate of drug-likeness (QED) is 0.800. The number of benzene rings is 1. The van der Waals surface area contributed by atoms with Gasteiger partial charge in [0.2, 0.25) is 0 Å². The van der Waals surface area contributed by atoms with Crippen LogP contribution in [0.4, 0.5) is 4.79 Å². The predicted molar refractivity (Wildman–Crippen MR) is 104 cm³/mol. The van der Waals surface area contributed by atoms with E-state index in [1.54, 1.807) is 0 Å². The van der Waals surface area contributed by atoms with Crippen LogP contribution < -0.4 is 0 Å². The van der Waals surface area contributed by atoms with Gasteiger partial charge in [-0.3, -0.25) is 4.90 Å². The second kappa shape index (κ2) is 9.38. The summed E-state index contributed by atoms with van der Waals surface area (Å²) in [6.45, 7) is 13.4. The smallest absolute Gasteiger partial charge is 0.410 e. The molecule has 0 spiro atoms. The molecule has 2 aliphatic rings. The standard InChI is InChI=1S/C19H28N2O3.C2H6/c1-19(2,3)24-18(22)20-10-9-16-13-23-14-17(12-20)21(16)11-15-7-5-4-6-8-15;1-2/h4-8,16-17H,9-14H2,1-3H3;1-2H3. The minimum atomic E-state index is -0.460. The number of hydrogen-bond acceptors (Lipinski definition) is 4. The van der Waals surface area contributed by atoms with E-state index < -0.39 is 5.60 Å². The minimum absolute atomic E-state index is 0.213. The normalized spacial score (nSPS) is 23.5. The van der Waals surface area contributed by atoms with Crippen LogP contribution in [0, 0.1) is 0 Å². The van der Waals surface area contributed by atoms with E-state index in [2.05, 4.69) is 29.2 Å². The average molecular weight is 363 g/mol. The van der Waals surface area contributed by atoms with Gasteiger partial charge in [-0.25, -0.2) is 4.79 Å². The SMILES string of the molecule is CC.CC(C)(C)OC(=O)N1CCC2COCC(C1)N2Cc1ccccc1. The van der Waals surface area contributed by atoms with Crippen molar-refractivity contribution in [3.8, 4) is 0 Å². The monoisotopic (exact) mass is 362 g/mol. The Labute approximate surface area is 158 Å². The molecule has 1 aromatic rings. The fourth-order valence-electron chi connectivity index (χ4n) is 3.43. The number of hydrogen-bond donors (Lipinski definition) is 0. The lowest BCUT2D eigenvalue weighted by molar-refractivity contribution is -0.0504. The van der Waals surface area contributed by atoms with Gasteiger partial charge in [0.15, 0.2) is 0 Å². The van der Waals surface area contributed by atoms with Crippen LogP contribution in [0.5, 0.6) is 0 Å². The number of fused-ring (bicyclic) bond motifs is 2. The van der Waals surface area contributed by atoms with Crippen molar-refractivity contribution in [3.63, 3.8) is 0 Å². The molecule has 0 aromatic heterocycles. The van der Waals surface area contributed by atoms with E-state index >= 15 is 0 Å². The van der Waals surface area contributed by atoms with Crippen molar-refractivity contribution in [2.75, 3.05) is 26.3 Å². The molecule has 1 aromatic carbocycles. The maximum Gasteiger partial charge on any atom is 0.410 e. The van der Waals surface area contributed by atoms with Crippen LogP contribution in [-0.2, 0) is 16.0 Å². The summed E-state index contributed by atoms with van der Waals surface area (Å²) in [4.78, 5) is 16.8. The molecule has 146 valence electrons. The van der Waals surface area contributed by atoms with Crippen LogP contribution in [0.15, 0.2) is 30.3 Å². The van der Waals surface area contributed by atoms with Crippen LogP contribution in [0.3, 0.4) is 0 Å². The molecule has 0 radical (unpaired) electrons. The topological polar surface area (TPSA) is 42.0 Å². The van der Waals surface area contributed by atoms with Crippen molar-refractivity contribution in [1.82, 2.24) is 9.80 Å². The summed E-state index contributed by atoms with van der Waals surface area (Å²) < 4.78 is 11.4. The molecule has 0 N–H and O–H groups in total. The van der Waals surface area contributed by atoms with E-state index in [9.17, 15) is 4.79 Å². The Morgan fingerprint density at radius 1 is 1.15 bits per heavy atom. The lowest BCUT2D eigenvalue weighted by Gasteiger charge is -2.40. The maximum absolute atomic E-state index is 12.5. The highest BCUT2D eigenvalue weighted by molar-refractivity contribution is 5.68. The number of amides is 1. The van der Waals surface area contributed by atoms with Crippen LogP contribution in [-0.4, -0.2) is 59.9 Å². The molecule has 2 unspecified atom stereocenters. The van der Waals surface area contributed by atoms with Gasteiger partial charge >= 0.3 is 6.09 Å². The number of rotatable bonds is 2. The molecule has 3 rings (SSSR count). The Hall–Kier alpha value is -1.59. The number of carbonyl (C=O) groups is 1. The maximum atomic E-state index is 12.5. The summed E-state index contributed by atoms with van der Waals surface area (Å²) in [7, 11) is 0. The molecule has 2 saturated heterocycles. The molecule has 0 saturated carbocycles. The Kier molecular flexibility index (Phi) is 7.47. The number of morpholine rings is 1. The number of nitrogens with zero attached hydrogens (tertiary/aromatic N) is 2. The molecule has 2 fully saturated rings. The van der Waals surface area contributed by atoms with Crippen LogP contribution >= 0.6 is 0 Å². The highest BCUT2D eigenvalue weighted by Crippen LogP contribution is 2.25.